The average Bonchev–Trinajstić information content (AvgIpc) is 3.48. The largest absolute Gasteiger partial charge is 0.134 e. The molecule has 0 aliphatic carbocycles. The minimum Gasteiger partial charge on any atom is -0.134 e. The highest BCUT2D eigenvalue weighted by Gasteiger charge is 2.21. The van der Waals surface area contributed by atoms with E-state index in [0.717, 1.165) is 0 Å². The molecular formula is C42H26S. The fraction of sp³-hybridized carbons (Fsp3) is 0. The molecule has 0 amide bonds. The quantitative estimate of drug-likeness (QED) is 0.188. The summed E-state index contributed by atoms with van der Waals surface area (Å²) in [6.07, 6.45) is 0. The summed E-state index contributed by atoms with van der Waals surface area (Å²) in [5.41, 5.74) is 7.70. The van der Waals surface area contributed by atoms with Crippen LogP contribution in [0.2, 0.25) is 0 Å². The second-order valence-electron chi connectivity index (χ2n) is 11.2. The Bertz CT molecular complexity index is 2430. The monoisotopic (exact) mass is 562 g/mol. The van der Waals surface area contributed by atoms with E-state index < -0.39 is 0 Å². The van der Waals surface area contributed by atoms with Gasteiger partial charge in [0.2, 0.25) is 0 Å². The molecule has 0 fully saturated rings. The van der Waals surface area contributed by atoms with Gasteiger partial charge in [0, 0.05) is 20.2 Å². The van der Waals surface area contributed by atoms with Crippen LogP contribution in [0.5, 0.6) is 0 Å². The number of hydrogen-bond donors (Lipinski definition) is 0. The van der Waals surface area contributed by atoms with Gasteiger partial charge in [-0.3, -0.25) is 0 Å². The Morgan fingerprint density at radius 1 is 0.302 bits per heavy atom. The van der Waals surface area contributed by atoms with Gasteiger partial charge in [-0.2, -0.15) is 0 Å². The zero-order valence-corrected chi connectivity index (χ0v) is 24.2. The predicted molar refractivity (Wildman–Crippen MR) is 188 cm³/mol. The molecule has 0 atom stereocenters. The van der Waals surface area contributed by atoms with Crippen molar-refractivity contribution >= 4 is 63.8 Å². The highest BCUT2D eigenvalue weighted by molar-refractivity contribution is 7.27. The van der Waals surface area contributed by atoms with E-state index in [1.807, 2.05) is 11.3 Å². The topological polar surface area (TPSA) is 0 Å². The van der Waals surface area contributed by atoms with Crippen LogP contribution in [0.1, 0.15) is 0 Å². The minimum absolute atomic E-state index is 1.25. The van der Waals surface area contributed by atoms with Gasteiger partial charge < -0.3 is 0 Å². The Labute approximate surface area is 254 Å². The van der Waals surface area contributed by atoms with Crippen LogP contribution in [0.4, 0.5) is 0 Å². The van der Waals surface area contributed by atoms with Crippen LogP contribution >= 0.6 is 11.3 Å². The van der Waals surface area contributed by atoms with Gasteiger partial charge in [0.05, 0.1) is 0 Å². The first-order chi connectivity index (χ1) is 21.4. The normalized spacial score (nSPS) is 11.7. The van der Waals surface area contributed by atoms with Crippen molar-refractivity contribution in [2.75, 3.05) is 0 Å². The van der Waals surface area contributed by atoms with Gasteiger partial charge in [-0.05, 0) is 65.7 Å². The number of fused-ring (bicyclic) bond motifs is 7. The van der Waals surface area contributed by atoms with Crippen LogP contribution in [0.15, 0.2) is 158 Å². The Morgan fingerprint density at radius 2 is 0.814 bits per heavy atom. The van der Waals surface area contributed by atoms with Gasteiger partial charge in [-0.15, -0.1) is 11.3 Å². The third kappa shape index (κ3) is 3.69. The molecule has 0 radical (unpaired) electrons. The second kappa shape index (κ2) is 9.66. The minimum atomic E-state index is 1.25. The van der Waals surface area contributed by atoms with Crippen molar-refractivity contribution in [1.82, 2.24) is 0 Å². The maximum Gasteiger partial charge on any atom is 0.0440 e. The van der Waals surface area contributed by atoms with E-state index in [9.17, 15) is 0 Å². The molecule has 0 N–H and O–H groups in total. The van der Waals surface area contributed by atoms with E-state index in [-0.39, 0.29) is 0 Å². The number of hydrogen-bond acceptors (Lipinski definition) is 1. The summed E-state index contributed by atoms with van der Waals surface area (Å²) < 4.78 is 2.70. The van der Waals surface area contributed by atoms with E-state index in [4.69, 9.17) is 0 Å². The summed E-state index contributed by atoms with van der Waals surface area (Å²) in [6.45, 7) is 0. The molecule has 9 rings (SSSR count). The van der Waals surface area contributed by atoms with Crippen LogP contribution in [-0.4, -0.2) is 0 Å². The first-order valence-corrected chi connectivity index (χ1v) is 15.6. The average molecular weight is 563 g/mol. The lowest BCUT2D eigenvalue weighted by Gasteiger charge is -2.19. The molecule has 1 aromatic heterocycles. The Hall–Kier alpha value is -5.24. The van der Waals surface area contributed by atoms with Crippen LogP contribution < -0.4 is 0 Å². The van der Waals surface area contributed by atoms with Crippen molar-refractivity contribution in [2.24, 2.45) is 0 Å². The van der Waals surface area contributed by atoms with Crippen molar-refractivity contribution in [3.05, 3.63) is 158 Å². The summed E-state index contributed by atoms with van der Waals surface area (Å²) in [7, 11) is 0. The second-order valence-corrected chi connectivity index (χ2v) is 12.2. The zero-order chi connectivity index (χ0) is 28.3. The summed E-state index contributed by atoms with van der Waals surface area (Å²) in [4.78, 5) is 0. The maximum absolute atomic E-state index is 2.38. The number of benzene rings is 8. The highest BCUT2D eigenvalue weighted by atomic mass is 32.1. The third-order valence-electron chi connectivity index (χ3n) is 8.86. The smallest absolute Gasteiger partial charge is 0.0440 e. The van der Waals surface area contributed by atoms with E-state index in [2.05, 4.69) is 158 Å². The number of thiophene rings is 1. The lowest BCUT2D eigenvalue weighted by molar-refractivity contribution is 1.66. The summed E-state index contributed by atoms with van der Waals surface area (Å²) in [5, 5.41) is 10.4. The molecule has 1 heterocycles. The predicted octanol–water partition coefficient (Wildman–Crippen LogP) is 12.5. The Kier molecular flexibility index (Phi) is 5.47. The molecular weight excluding hydrogens is 537 g/mol. The van der Waals surface area contributed by atoms with Gasteiger partial charge >= 0.3 is 0 Å². The zero-order valence-electron chi connectivity index (χ0n) is 23.4. The lowest BCUT2D eigenvalue weighted by Crippen LogP contribution is -1.91. The van der Waals surface area contributed by atoms with Gasteiger partial charge in [-0.1, -0.05) is 158 Å². The number of rotatable bonds is 3. The first-order valence-electron chi connectivity index (χ1n) is 14.8. The van der Waals surface area contributed by atoms with Crippen LogP contribution in [-0.2, 0) is 0 Å². The summed E-state index contributed by atoms with van der Waals surface area (Å²) in [5.74, 6) is 0. The molecule has 0 aliphatic heterocycles. The maximum atomic E-state index is 2.38. The molecule has 0 saturated heterocycles. The van der Waals surface area contributed by atoms with E-state index >= 15 is 0 Å². The van der Waals surface area contributed by atoms with Crippen molar-refractivity contribution in [2.45, 2.75) is 0 Å². The van der Waals surface area contributed by atoms with Crippen molar-refractivity contribution in [3.63, 3.8) is 0 Å². The summed E-state index contributed by atoms with van der Waals surface area (Å²) >= 11 is 1.93. The van der Waals surface area contributed by atoms with Crippen LogP contribution in [0.25, 0.3) is 85.9 Å². The van der Waals surface area contributed by atoms with E-state index in [1.165, 1.54) is 85.9 Å². The standard InChI is InChI=1S/C42H26S/c1-3-13-27(14-4-1)31-25-26-36(40-37-24-23-28-15-7-8-18-30(28)41(37)43-42(31)40)39-34-21-11-9-19-32(34)38(29-16-5-2-6-17-29)33-20-10-12-22-35(33)39/h1-26H. The molecule has 0 bridgehead atoms. The van der Waals surface area contributed by atoms with Gasteiger partial charge in [-0.25, -0.2) is 0 Å². The molecule has 0 spiro atoms. The van der Waals surface area contributed by atoms with Crippen molar-refractivity contribution in [1.29, 1.82) is 0 Å². The van der Waals surface area contributed by atoms with E-state index in [1.54, 1.807) is 0 Å². The SMILES string of the molecule is c1ccc(-c2c3ccccc3c(-c3ccc(-c4ccccc4)c4sc5c6ccccc6ccc5c34)c3ccccc23)cc1. The van der Waals surface area contributed by atoms with Crippen molar-refractivity contribution < 1.29 is 0 Å². The summed E-state index contributed by atoms with van der Waals surface area (Å²) in [6, 6.07) is 57.8. The Morgan fingerprint density at radius 3 is 1.47 bits per heavy atom. The van der Waals surface area contributed by atoms with Gasteiger partial charge in [0.1, 0.15) is 0 Å². The first kappa shape index (κ1) is 24.4. The molecule has 0 nitrogen and oxygen atoms in total. The van der Waals surface area contributed by atoms with Gasteiger partial charge in [0.15, 0.2) is 0 Å². The van der Waals surface area contributed by atoms with Crippen molar-refractivity contribution in [3.8, 4) is 33.4 Å². The third-order valence-corrected chi connectivity index (χ3v) is 10.1. The molecule has 0 saturated carbocycles. The fourth-order valence-electron chi connectivity index (χ4n) is 7.00. The molecule has 1 heteroatoms. The fourth-order valence-corrected chi connectivity index (χ4v) is 8.39. The molecule has 9 aromatic rings. The Balaban J connectivity index is 1.48. The molecule has 0 unspecified atom stereocenters. The molecule has 43 heavy (non-hydrogen) atoms. The van der Waals surface area contributed by atoms with Crippen LogP contribution in [0.3, 0.4) is 0 Å². The highest BCUT2D eigenvalue weighted by Crippen LogP contribution is 2.50. The molecule has 0 aliphatic rings. The molecule has 200 valence electrons. The van der Waals surface area contributed by atoms with Crippen LogP contribution in [0, 0.1) is 0 Å². The van der Waals surface area contributed by atoms with E-state index in [0.29, 0.717) is 0 Å². The lowest BCUT2D eigenvalue weighted by atomic mass is 9.84. The van der Waals surface area contributed by atoms with Gasteiger partial charge in [0.25, 0.3) is 0 Å². The molecule has 8 aromatic carbocycles.